The molecule has 0 fully saturated rings. The molecular formula is C30H33N3O6S. The van der Waals surface area contributed by atoms with Gasteiger partial charge in [0.1, 0.15) is 0 Å². The molecule has 0 radical (unpaired) electrons. The fraction of sp³-hybridized carbons (Fsp3) is 0.300. The van der Waals surface area contributed by atoms with Crippen LogP contribution >= 0.6 is 0 Å². The minimum absolute atomic E-state index is 0.0547. The van der Waals surface area contributed by atoms with Gasteiger partial charge < -0.3 is 9.72 Å². The van der Waals surface area contributed by atoms with Gasteiger partial charge in [-0.15, -0.1) is 0 Å². The van der Waals surface area contributed by atoms with Crippen molar-refractivity contribution in [3.05, 3.63) is 93.0 Å². The molecule has 0 aliphatic heterocycles. The summed E-state index contributed by atoms with van der Waals surface area (Å²) in [5.74, 6) is -0.642. The van der Waals surface area contributed by atoms with Gasteiger partial charge >= 0.3 is 5.97 Å². The Bertz CT molecular complexity index is 1690. The molecule has 1 aromatic heterocycles. The number of aryl methyl sites for hydroxylation is 2. The van der Waals surface area contributed by atoms with E-state index in [2.05, 4.69) is 27.9 Å². The predicted molar refractivity (Wildman–Crippen MR) is 155 cm³/mol. The summed E-state index contributed by atoms with van der Waals surface area (Å²) in [6, 6.07) is 16.8. The highest BCUT2D eigenvalue weighted by Gasteiger charge is 2.32. The van der Waals surface area contributed by atoms with Crippen LogP contribution in [0.15, 0.2) is 65.6 Å². The highest BCUT2D eigenvalue weighted by molar-refractivity contribution is 7.89. The van der Waals surface area contributed by atoms with Crippen molar-refractivity contribution >= 4 is 32.6 Å². The minimum atomic E-state index is -3.92. The van der Waals surface area contributed by atoms with Crippen molar-refractivity contribution in [2.75, 3.05) is 13.7 Å². The molecule has 3 aromatic carbocycles. The third kappa shape index (κ3) is 5.64. The fourth-order valence-corrected chi connectivity index (χ4v) is 6.13. The van der Waals surface area contributed by atoms with E-state index in [4.69, 9.17) is 4.74 Å². The van der Waals surface area contributed by atoms with Crippen LogP contribution in [0.3, 0.4) is 0 Å². The van der Waals surface area contributed by atoms with Crippen molar-refractivity contribution in [3.8, 4) is 11.3 Å². The highest BCUT2D eigenvalue weighted by atomic mass is 32.2. The summed E-state index contributed by atoms with van der Waals surface area (Å²) in [6.45, 7) is 9.67. The van der Waals surface area contributed by atoms with Gasteiger partial charge in [0, 0.05) is 29.6 Å². The Morgan fingerprint density at radius 2 is 1.68 bits per heavy atom. The number of carbonyl (C=O) groups is 1. The summed E-state index contributed by atoms with van der Waals surface area (Å²) < 4.78 is 33.8. The number of fused-ring (bicyclic) bond motifs is 1. The third-order valence-electron chi connectivity index (χ3n) is 7.20. The molecule has 210 valence electrons. The van der Waals surface area contributed by atoms with Crippen molar-refractivity contribution in [1.29, 1.82) is 0 Å². The summed E-state index contributed by atoms with van der Waals surface area (Å²) in [4.78, 5) is 26.4. The number of nitrogens with zero attached hydrogens (tertiary/aromatic N) is 1. The van der Waals surface area contributed by atoms with Gasteiger partial charge in [-0.05, 0) is 86.7 Å². The fourth-order valence-electron chi connectivity index (χ4n) is 5.00. The number of hydrogen-bond acceptors (Lipinski definition) is 6. The number of nitrogens with one attached hydrogen (secondary N) is 2. The number of hydrogen-bond donors (Lipinski definition) is 2. The summed E-state index contributed by atoms with van der Waals surface area (Å²) >= 11 is 0. The Labute approximate surface area is 233 Å². The van der Waals surface area contributed by atoms with E-state index in [-0.39, 0.29) is 29.0 Å². The Hall–Kier alpha value is -4.02. The molecule has 9 nitrogen and oxygen atoms in total. The maximum Gasteiger partial charge on any atom is 0.315 e. The number of carbonyl (C=O) groups excluding carboxylic acids is 1. The molecule has 0 spiro atoms. The van der Waals surface area contributed by atoms with Crippen LogP contribution in [0.1, 0.15) is 48.9 Å². The molecule has 4 rings (SSSR count). The second-order valence-corrected chi connectivity index (χ2v) is 12.4. The SMILES string of the molecule is COC(=O)C(C)(C)c1ccc2[nH]c(-c3cc(C)cc(C)c3)c(C(C)CNS(=O)(=O)c3ccc([N+](=O)[O-])cc3)c2c1. The summed E-state index contributed by atoms with van der Waals surface area (Å²) in [5, 5.41) is 11.8. The van der Waals surface area contributed by atoms with E-state index >= 15 is 0 Å². The molecule has 1 unspecified atom stereocenters. The van der Waals surface area contributed by atoms with Gasteiger partial charge in [0.05, 0.1) is 28.0 Å². The number of aromatic nitrogens is 1. The Kier molecular flexibility index (Phi) is 7.87. The molecule has 1 atom stereocenters. The molecule has 0 saturated heterocycles. The van der Waals surface area contributed by atoms with Crippen LogP contribution in [-0.4, -0.2) is 37.9 Å². The molecule has 40 heavy (non-hydrogen) atoms. The number of H-pyrrole nitrogens is 1. The normalized spacial score (nSPS) is 12.8. The van der Waals surface area contributed by atoms with Crippen LogP contribution in [0, 0.1) is 24.0 Å². The largest absolute Gasteiger partial charge is 0.468 e. The molecule has 0 amide bonds. The monoisotopic (exact) mass is 563 g/mol. The van der Waals surface area contributed by atoms with Crippen LogP contribution in [-0.2, 0) is 25.0 Å². The van der Waals surface area contributed by atoms with Crippen LogP contribution in [0.4, 0.5) is 5.69 Å². The number of methoxy groups -OCH3 is 1. The highest BCUT2D eigenvalue weighted by Crippen LogP contribution is 2.38. The van der Waals surface area contributed by atoms with Crippen LogP contribution in [0.5, 0.6) is 0 Å². The number of nitro groups is 1. The first-order valence-corrected chi connectivity index (χ1v) is 14.3. The van der Waals surface area contributed by atoms with Gasteiger partial charge in [-0.1, -0.05) is 30.2 Å². The summed E-state index contributed by atoms with van der Waals surface area (Å²) in [5.41, 5.74) is 5.51. The first-order valence-electron chi connectivity index (χ1n) is 12.8. The zero-order valence-electron chi connectivity index (χ0n) is 23.4. The summed E-state index contributed by atoms with van der Waals surface area (Å²) in [6.07, 6.45) is 0. The predicted octanol–water partition coefficient (Wildman–Crippen LogP) is 5.89. The molecule has 10 heteroatoms. The molecule has 0 aliphatic carbocycles. The van der Waals surface area contributed by atoms with Crippen LogP contribution < -0.4 is 4.72 Å². The first-order chi connectivity index (χ1) is 18.7. The van der Waals surface area contributed by atoms with Crippen LogP contribution in [0.25, 0.3) is 22.2 Å². The number of ether oxygens (including phenoxy) is 1. The van der Waals surface area contributed by atoms with Crippen molar-refractivity contribution in [1.82, 2.24) is 9.71 Å². The lowest BCUT2D eigenvalue weighted by Gasteiger charge is -2.22. The van der Waals surface area contributed by atoms with Gasteiger partial charge in [-0.3, -0.25) is 14.9 Å². The van der Waals surface area contributed by atoms with Crippen molar-refractivity contribution in [2.24, 2.45) is 0 Å². The Balaban J connectivity index is 1.78. The number of benzene rings is 3. The van der Waals surface area contributed by atoms with Gasteiger partial charge in [-0.2, -0.15) is 0 Å². The Morgan fingerprint density at radius 3 is 2.25 bits per heavy atom. The third-order valence-corrected chi connectivity index (χ3v) is 8.64. The molecule has 2 N–H and O–H groups in total. The smallest absolute Gasteiger partial charge is 0.315 e. The standard InChI is InChI=1S/C30H33N3O6S/c1-18-13-19(2)15-21(14-18)28-27(25-16-22(7-12-26(25)32-28)30(4,5)29(34)39-6)20(3)17-31-40(37,38)24-10-8-23(9-11-24)33(35)36/h7-16,20,31-32H,17H2,1-6H3. The number of nitro benzene ring substituents is 1. The van der Waals surface area contributed by atoms with Gasteiger partial charge in [0.2, 0.25) is 10.0 Å². The molecule has 0 saturated carbocycles. The maximum atomic E-state index is 13.0. The van der Waals surface area contributed by atoms with Crippen molar-refractivity contribution in [2.45, 2.75) is 50.8 Å². The second-order valence-electron chi connectivity index (χ2n) is 10.7. The van der Waals surface area contributed by atoms with E-state index < -0.39 is 20.4 Å². The zero-order valence-corrected chi connectivity index (χ0v) is 24.2. The number of sulfonamides is 1. The molecule has 0 aliphatic rings. The Morgan fingerprint density at radius 1 is 1.05 bits per heavy atom. The minimum Gasteiger partial charge on any atom is -0.468 e. The molecular weight excluding hydrogens is 530 g/mol. The molecule has 4 aromatic rings. The molecule has 0 bridgehead atoms. The average molecular weight is 564 g/mol. The van der Waals surface area contributed by atoms with Crippen molar-refractivity contribution in [3.63, 3.8) is 0 Å². The zero-order chi connectivity index (χ0) is 29.4. The molecule has 1 heterocycles. The lowest BCUT2D eigenvalue weighted by atomic mass is 9.83. The number of non-ortho nitro benzene ring substituents is 1. The van der Waals surface area contributed by atoms with Crippen molar-refractivity contribution < 1.29 is 22.9 Å². The van der Waals surface area contributed by atoms with E-state index in [1.54, 1.807) is 13.8 Å². The number of esters is 1. The lowest BCUT2D eigenvalue weighted by molar-refractivity contribution is -0.384. The number of aromatic amines is 1. The second kappa shape index (κ2) is 10.9. The van der Waals surface area contributed by atoms with E-state index in [0.29, 0.717) is 0 Å². The van der Waals surface area contributed by atoms with E-state index in [9.17, 15) is 23.3 Å². The van der Waals surface area contributed by atoms with Gasteiger partial charge in [-0.25, -0.2) is 13.1 Å². The van der Waals surface area contributed by atoms with Crippen LogP contribution in [0.2, 0.25) is 0 Å². The summed E-state index contributed by atoms with van der Waals surface area (Å²) in [7, 11) is -2.56. The lowest BCUT2D eigenvalue weighted by Crippen LogP contribution is -2.30. The van der Waals surface area contributed by atoms with Gasteiger partial charge in [0.15, 0.2) is 0 Å². The van der Waals surface area contributed by atoms with E-state index in [0.717, 1.165) is 44.4 Å². The quantitative estimate of drug-likeness (QED) is 0.148. The van der Waals surface area contributed by atoms with E-state index in [1.807, 2.05) is 39.0 Å². The van der Waals surface area contributed by atoms with Gasteiger partial charge in [0.25, 0.3) is 5.69 Å². The first kappa shape index (κ1) is 29.0. The average Bonchev–Trinajstić information content (AvgIpc) is 3.30. The van der Waals surface area contributed by atoms with E-state index in [1.165, 1.54) is 31.4 Å². The maximum absolute atomic E-state index is 13.0. The topological polar surface area (TPSA) is 131 Å². The number of rotatable bonds is 9.